The minimum absolute atomic E-state index is 0.435. The number of anilines is 1. The zero-order chi connectivity index (χ0) is 20.2. The van der Waals surface area contributed by atoms with E-state index < -0.39 is 0 Å². The van der Waals surface area contributed by atoms with E-state index in [0.717, 1.165) is 47.5 Å². The van der Waals surface area contributed by atoms with Gasteiger partial charge in [-0.05, 0) is 24.3 Å². The van der Waals surface area contributed by atoms with Crippen molar-refractivity contribution in [3.63, 3.8) is 0 Å². The molecule has 0 bridgehead atoms. The Balaban J connectivity index is 1.33. The minimum atomic E-state index is 0.435. The average molecular weight is 397 g/mol. The van der Waals surface area contributed by atoms with Crippen molar-refractivity contribution in [2.24, 2.45) is 0 Å². The molecule has 2 aromatic carbocycles. The summed E-state index contributed by atoms with van der Waals surface area (Å²) < 4.78 is 0. The topological polar surface area (TPSA) is 55.1 Å². The Labute approximate surface area is 176 Å². The van der Waals surface area contributed by atoms with Crippen molar-refractivity contribution in [1.29, 1.82) is 0 Å². The van der Waals surface area contributed by atoms with Crippen molar-refractivity contribution in [1.82, 2.24) is 15.0 Å². The Morgan fingerprint density at radius 2 is 1.67 bits per heavy atom. The van der Waals surface area contributed by atoms with Gasteiger partial charge in [0.1, 0.15) is 12.4 Å². The summed E-state index contributed by atoms with van der Waals surface area (Å²) in [5.74, 6) is 1.65. The van der Waals surface area contributed by atoms with Gasteiger partial charge in [-0.25, -0.2) is 9.97 Å². The maximum absolute atomic E-state index is 4.88. The van der Waals surface area contributed by atoms with Crippen LogP contribution in [0.1, 0.15) is 18.4 Å². The van der Waals surface area contributed by atoms with Crippen molar-refractivity contribution < 1.29 is 4.90 Å². The largest absolute Gasteiger partial charge is 0.366 e. The molecule has 0 aliphatic carbocycles. The van der Waals surface area contributed by atoms with Gasteiger partial charge in [-0.15, -0.1) is 0 Å². The van der Waals surface area contributed by atoms with Crippen molar-refractivity contribution >= 4 is 16.7 Å². The quantitative estimate of drug-likeness (QED) is 0.543. The maximum Gasteiger partial charge on any atom is 0.163 e. The van der Waals surface area contributed by atoms with Crippen LogP contribution in [0.2, 0.25) is 0 Å². The first-order valence-corrected chi connectivity index (χ1v) is 10.7. The van der Waals surface area contributed by atoms with Crippen molar-refractivity contribution in [3.05, 3.63) is 84.7 Å². The number of benzene rings is 2. The van der Waals surface area contributed by atoms with Crippen LogP contribution in [0.5, 0.6) is 0 Å². The zero-order valence-corrected chi connectivity index (χ0v) is 17.0. The summed E-state index contributed by atoms with van der Waals surface area (Å²) in [6.07, 6.45) is 5.88. The number of aromatic nitrogens is 3. The highest BCUT2D eigenvalue weighted by Crippen LogP contribution is 2.25. The van der Waals surface area contributed by atoms with Crippen LogP contribution >= 0.6 is 0 Å². The summed E-state index contributed by atoms with van der Waals surface area (Å²) in [7, 11) is 0. The van der Waals surface area contributed by atoms with Gasteiger partial charge in [-0.2, -0.15) is 0 Å². The fourth-order valence-electron chi connectivity index (χ4n) is 4.24. The molecule has 1 saturated heterocycles. The molecule has 0 spiro atoms. The van der Waals surface area contributed by atoms with Gasteiger partial charge in [0.25, 0.3) is 0 Å². The third kappa shape index (κ3) is 4.16. The van der Waals surface area contributed by atoms with Crippen LogP contribution in [0.4, 0.5) is 5.82 Å². The molecule has 0 saturated carbocycles. The number of nitrogens with one attached hydrogen (secondary N) is 2. The fourth-order valence-corrected chi connectivity index (χ4v) is 4.24. The normalized spacial score (nSPS) is 18.9. The summed E-state index contributed by atoms with van der Waals surface area (Å²) in [5.41, 5.74) is 3.32. The Morgan fingerprint density at radius 3 is 2.47 bits per heavy atom. The number of nitrogens with zero attached hydrogens (tertiary/aromatic N) is 3. The second-order valence-electron chi connectivity index (χ2n) is 7.99. The lowest BCUT2D eigenvalue weighted by Gasteiger charge is -2.30. The first kappa shape index (κ1) is 18.7. The molecule has 3 heterocycles. The predicted octanol–water partition coefficient (Wildman–Crippen LogP) is 3.35. The Kier molecular flexibility index (Phi) is 5.36. The van der Waals surface area contributed by atoms with Gasteiger partial charge in [-0.1, -0.05) is 42.5 Å². The first-order chi connectivity index (χ1) is 14.8. The van der Waals surface area contributed by atoms with E-state index in [2.05, 4.69) is 52.8 Å². The Bertz CT molecular complexity index is 1110. The molecular weight excluding hydrogens is 370 g/mol. The standard InChI is InChI=1S/C25H25N5/c1-2-7-19(8-3-1)18-30-15-12-21(13-16-30)27-25-22-10-4-5-11-23(22)28-24(29-25)20-9-6-14-26-17-20/h1-11,14,17,21H,12-13,15-16,18H2,(H,27,28,29)/p+1. The zero-order valence-electron chi connectivity index (χ0n) is 17.0. The Hall–Kier alpha value is -3.31. The molecule has 5 heteroatoms. The number of piperidine rings is 1. The smallest absolute Gasteiger partial charge is 0.163 e. The van der Waals surface area contributed by atoms with Crippen molar-refractivity contribution in [2.75, 3.05) is 18.4 Å². The number of hydrogen-bond donors (Lipinski definition) is 2. The molecular formula is C25H26N5+. The molecule has 150 valence electrons. The minimum Gasteiger partial charge on any atom is -0.366 e. The predicted molar refractivity (Wildman–Crippen MR) is 120 cm³/mol. The number of fused-ring (bicyclic) bond motifs is 1. The van der Waals surface area contributed by atoms with E-state index in [1.54, 1.807) is 11.1 Å². The van der Waals surface area contributed by atoms with Crippen LogP contribution in [0.3, 0.4) is 0 Å². The molecule has 1 fully saturated rings. The van der Waals surface area contributed by atoms with E-state index in [1.165, 1.54) is 18.7 Å². The van der Waals surface area contributed by atoms with E-state index in [1.807, 2.05) is 30.5 Å². The number of pyridine rings is 1. The van der Waals surface area contributed by atoms with Gasteiger partial charge >= 0.3 is 0 Å². The van der Waals surface area contributed by atoms with Gasteiger partial charge < -0.3 is 10.2 Å². The third-order valence-electron chi connectivity index (χ3n) is 5.85. The van der Waals surface area contributed by atoms with E-state index in [0.29, 0.717) is 6.04 Å². The third-order valence-corrected chi connectivity index (χ3v) is 5.85. The maximum atomic E-state index is 4.88. The highest BCUT2D eigenvalue weighted by molar-refractivity contribution is 5.90. The molecule has 30 heavy (non-hydrogen) atoms. The first-order valence-electron chi connectivity index (χ1n) is 10.7. The van der Waals surface area contributed by atoms with E-state index in [-0.39, 0.29) is 0 Å². The molecule has 5 rings (SSSR count). The number of hydrogen-bond acceptors (Lipinski definition) is 4. The van der Waals surface area contributed by atoms with E-state index in [4.69, 9.17) is 9.97 Å². The molecule has 1 aliphatic rings. The second kappa shape index (κ2) is 8.59. The molecule has 1 aliphatic heterocycles. The molecule has 0 amide bonds. The molecule has 2 aromatic heterocycles. The number of likely N-dealkylation sites (tertiary alicyclic amines) is 1. The van der Waals surface area contributed by atoms with Gasteiger partial charge in [0, 0.05) is 47.8 Å². The molecule has 0 atom stereocenters. The lowest BCUT2D eigenvalue weighted by atomic mass is 10.0. The highest BCUT2D eigenvalue weighted by Gasteiger charge is 2.23. The average Bonchev–Trinajstić information content (AvgIpc) is 2.81. The summed E-state index contributed by atoms with van der Waals surface area (Å²) in [4.78, 5) is 15.5. The lowest BCUT2D eigenvalue weighted by Crippen LogP contribution is -3.12. The van der Waals surface area contributed by atoms with Gasteiger partial charge in [-0.3, -0.25) is 4.98 Å². The van der Waals surface area contributed by atoms with E-state index in [9.17, 15) is 0 Å². The summed E-state index contributed by atoms with van der Waals surface area (Å²) >= 11 is 0. The molecule has 2 N–H and O–H groups in total. The lowest BCUT2D eigenvalue weighted by molar-refractivity contribution is -0.918. The van der Waals surface area contributed by atoms with Crippen LogP contribution in [0.15, 0.2) is 79.1 Å². The summed E-state index contributed by atoms with van der Waals surface area (Å²) in [6.45, 7) is 3.45. The van der Waals surface area contributed by atoms with E-state index >= 15 is 0 Å². The monoisotopic (exact) mass is 396 g/mol. The number of para-hydroxylation sites is 1. The van der Waals surface area contributed by atoms with Gasteiger partial charge in [0.05, 0.1) is 18.6 Å². The second-order valence-corrected chi connectivity index (χ2v) is 7.99. The summed E-state index contributed by atoms with van der Waals surface area (Å²) in [6, 6.07) is 23.4. The summed E-state index contributed by atoms with van der Waals surface area (Å²) in [5, 5.41) is 4.81. The molecule has 4 aromatic rings. The van der Waals surface area contributed by atoms with Gasteiger partial charge in [0.15, 0.2) is 5.82 Å². The molecule has 0 unspecified atom stereocenters. The molecule has 5 nitrogen and oxygen atoms in total. The van der Waals surface area contributed by atoms with Crippen LogP contribution in [-0.2, 0) is 6.54 Å². The fraction of sp³-hybridized carbons (Fsp3) is 0.240. The van der Waals surface area contributed by atoms with Crippen molar-refractivity contribution in [3.8, 4) is 11.4 Å². The van der Waals surface area contributed by atoms with Crippen LogP contribution in [0, 0.1) is 0 Å². The van der Waals surface area contributed by atoms with Gasteiger partial charge in [0.2, 0.25) is 0 Å². The number of quaternary nitrogens is 1. The number of rotatable bonds is 5. The van der Waals surface area contributed by atoms with Crippen LogP contribution < -0.4 is 10.2 Å². The molecule has 0 radical (unpaired) electrons. The highest BCUT2D eigenvalue weighted by atomic mass is 15.2. The Morgan fingerprint density at radius 1 is 0.867 bits per heavy atom. The SMILES string of the molecule is c1ccc(C[NH+]2CCC(Nc3nc(-c4cccnc4)nc4ccccc34)CC2)cc1. The van der Waals surface area contributed by atoms with Crippen molar-refractivity contribution in [2.45, 2.75) is 25.4 Å². The van der Waals surface area contributed by atoms with Crippen LogP contribution in [0.25, 0.3) is 22.3 Å². The van der Waals surface area contributed by atoms with Crippen LogP contribution in [-0.4, -0.2) is 34.1 Å².